The molecule has 0 amide bonds. The van der Waals surface area contributed by atoms with E-state index in [2.05, 4.69) is 10.2 Å². The number of aryl methyl sites for hydroxylation is 1. The highest BCUT2D eigenvalue weighted by atomic mass is 32.2. The van der Waals surface area contributed by atoms with E-state index in [1.54, 1.807) is 25.3 Å². The predicted molar refractivity (Wildman–Crippen MR) is 92.4 cm³/mol. The minimum Gasteiger partial charge on any atom is -0.496 e. The Hall–Kier alpha value is -2.60. The van der Waals surface area contributed by atoms with Crippen molar-refractivity contribution in [2.75, 3.05) is 7.11 Å². The second-order valence-electron chi connectivity index (χ2n) is 5.17. The van der Waals surface area contributed by atoms with Gasteiger partial charge in [-0.25, -0.2) is 0 Å². The predicted octanol–water partition coefficient (Wildman–Crippen LogP) is 4.16. The number of aldehydes is 1. The van der Waals surface area contributed by atoms with Crippen LogP contribution in [0.5, 0.6) is 5.75 Å². The third-order valence-electron chi connectivity index (χ3n) is 3.57. The van der Waals surface area contributed by atoms with Gasteiger partial charge < -0.3 is 9.15 Å². The lowest BCUT2D eigenvalue weighted by molar-refractivity contribution is 0.112. The molecule has 6 heteroatoms. The summed E-state index contributed by atoms with van der Waals surface area (Å²) in [7, 11) is 1.60. The Kier molecular flexibility index (Phi) is 4.96. The van der Waals surface area contributed by atoms with E-state index < -0.39 is 0 Å². The van der Waals surface area contributed by atoms with Gasteiger partial charge in [-0.2, -0.15) is 0 Å². The van der Waals surface area contributed by atoms with Gasteiger partial charge in [0, 0.05) is 22.4 Å². The molecule has 0 bridgehead atoms. The molecule has 24 heavy (non-hydrogen) atoms. The van der Waals surface area contributed by atoms with Crippen LogP contribution in [-0.4, -0.2) is 23.6 Å². The Morgan fingerprint density at radius 1 is 1.21 bits per heavy atom. The van der Waals surface area contributed by atoms with Gasteiger partial charge in [0.05, 0.1) is 7.11 Å². The first-order chi connectivity index (χ1) is 11.7. The Balaban J connectivity index is 1.77. The van der Waals surface area contributed by atoms with Crippen LogP contribution in [0.3, 0.4) is 0 Å². The van der Waals surface area contributed by atoms with Gasteiger partial charge >= 0.3 is 0 Å². The summed E-state index contributed by atoms with van der Waals surface area (Å²) >= 11 is 1.41. The summed E-state index contributed by atoms with van der Waals surface area (Å²) in [6.45, 7) is 2.00. The summed E-state index contributed by atoms with van der Waals surface area (Å²) in [5, 5.41) is 8.67. The summed E-state index contributed by atoms with van der Waals surface area (Å²) in [6.07, 6.45) is 0.816. The number of rotatable bonds is 6. The molecule has 0 aliphatic heterocycles. The Labute approximate surface area is 144 Å². The molecule has 122 valence electrons. The molecule has 1 aromatic heterocycles. The fraction of sp³-hybridized carbons (Fsp3) is 0.167. The lowest BCUT2D eigenvalue weighted by Crippen LogP contribution is -1.92. The van der Waals surface area contributed by atoms with E-state index in [1.165, 1.54) is 11.8 Å². The average Bonchev–Trinajstić information content (AvgIpc) is 3.08. The quantitative estimate of drug-likeness (QED) is 0.496. The second kappa shape index (κ2) is 7.31. The van der Waals surface area contributed by atoms with Crippen molar-refractivity contribution in [3.63, 3.8) is 0 Å². The molecule has 0 N–H and O–H groups in total. The van der Waals surface area contributed by atoms with Crippen LogP contribution in [0, 0.1) is 6.92 Å². The normalized spacial score (nSPS) is 10.6. The van der Waals surface area contributed by atoms with Crippen LogP contribution in [0.15, 0.2) is 52.1 Å². The zero-order valence-electron chi connectivity index (χ0n) is 13.4. The topological polar surface area (TPSA) is 65.2 Å². The number of methoxy groups -OCH3 is 1. The van der Waals surface area contributed by atoms with Gasteiger partial charge in [-0.15, -0.1) is 10.2 Å². The maximum atomic E-state index is 10.9. The summed E-state index contributed by atoms with van der Waals surface area (Å²) in [6, 6.07) is 13.2. The standard InChI is InChI=1S/C18H16N2O3S/c1-12-5-3-4-6-15(12)17-19-20-18(23-17)24-11-14-9-13(10-21)7-8-16(14)22-2/h3-10H,11H2,1-2H3. The fourth-order valence-electron chi connectivity index (χ4n) is 2.31. The molecule has 0 spiro atoms. The first-order valence-electron chi connectivity index (χ1n) is 7.35. The molecule has 0 fully saturated rings. The third kappa shape index (κ3) is 3.49. The van der Waals surface area contributed by atoms with Crippen molar-refractivity contribution >= 4 is 18.0 Å². The first-order valence-corrected chi connectivity index (χ1v) is 8.34. The smallest absolute Gasteiger partial charge is 0.277 e. The summed E-state index contributed by atoms with van der Waals surface area (Å²) < 4.78 is 11.1. The number of aromatic nitrogens is 2. The highest BCUT2D eigenvalue weighted by Crippen LogP contribution is 2.30. The SMILES string of the molecule is COc1ccc(C=O)cc1CSc1nnc(-c2ccccc2C)o1. The van der Waals surface area contributed by atoms with Crippen LogP contribution in [-0.2, 0) is 5.75 Å². The zero-order valence-corrected chi connectivity index (χ0v) is 14.2. The maximum absolute atomic E-state index is 10.9. The molecule has 3 rings (SSSR count). The molecule has 0 aliphatic rings. The highest BCUT2D eigenvalue weighted by molar-refractivity contribution is 7.98. The Morgan fingerprint density at radius 2 is 2.04 bits per heavy atom. The van der Waals surface area contributed by atoms with Crippen molar-refractivity contribution in [3.8, 4) is 17.2 Å². The number of benzene rings is 2. The zero-order chi connectivity index (χ0) is 16.9. The Morgan fingerprint density at radius 3 is 2.79 bits per heavy atom. The van der Waals surface area contributed by atoms with E-state index in [4.69, 9.17) is 9.15 Å². The van der Waals surface area contributed by atoms with E-state index in [1.807, 2.05) is 31.2 Å². The van der Waals surface area contributed by atoms with E-state index in [9.17, 15) is 4.79 Å². The minimum absolute atomic E-state index is 0.479. The lowest BCUT2D eigenvalue weighted by atomic mass is 10.1. The van der Waals surface area contributed by atoms with Crippen LogP contribution in [0.25, 0.3) is 11.5 Å². The number of carbonyl (C=O) groups excluding carboxylic acids is 1. The molecule has 3 aromatic rings. The van der Waals surface area contributed by atoms with Gasteiger partial charge in [-0.05, 0) is 36.8 Å². The van der Waals surface area contributed by atoms with Gasteiger partial charge in [-0.3, -0.25) is 4.79 Å². The van der Waals surface area contributed by atoms with Crippen molar-refractivity contribution in [1.29, 1.82) is 0 Å². The van der Waals surface area contributed by atoms with Crippen molar-refractivity contribution in [3.05, 3.63) is 59.2 Å². The molecule has 2 aromatic carbocycles. The number of ether oxygens (including phenoxy) is 1. The fourth-order valence-corrected chi connectivity index (χ4v) is 3.05. The molecule has 0 atom stereocenters. The molecule has 0 unspecified atom stereocenters. The molecule has 0 saturated heterocycles. The minimum atomic E-state index is 0.479. The average molecular weight is 340 g/mol. The molecular formula is C18H16N2O3S. The largest absolute Gasteiger partial charge is 0.496 e. The summed E-state index contributed by atoms with van der Waals surface area (Å²) in [5.74, 6) is 1.80. The molecule has 0 saturated carbocycles. The van der Waals surface area contributed by atoms with Gasteiger partial charge in [0.15, 0.2) is 0 Å². The highest BCUT2D eigenvalue weighted by Gasteiger charge is 2.12. The van der Waals surface area contributed by atoms with Crippen molar-refractivity contribution in [1.82, 2.24) is 10.2 Å². The first kappa shape index (κ1) is 16.3. The summed E-state index contributed by atoms with van der Waals surface area (Å²) in [5.41, 5.74) is 3.52. The third-order valence-corrected chi connectivity index (χ3v) is 4.44. The van der Waals surface area contributed by atoms with Crippen LogP contribution in [0.2, 0.25) is 0 Å². The molecule has 1 heterocycles. The van der Waals surface area contributed by atoms with Crippen molar-refractivity contribution in [2.24, 2.45) is 0 Å². The van der Waals surface area contributed by atoms with Crippen LogP contribution < -0.4 is 4.74 Å². The maximum Gasteiger partial charge on any atom is 0.277 e. The molecule has 5 nitrogen and oxygen atoms in total. The summed E-state index contributed by atoms with van der Waals surface area (Å²) in [4.78, 5) is 10.9. The van der Waals surface area contributed by atoms with Gasteiger partial charge in [0.2, 0.25) is 5.89 Å². The monoisotopic (exact) mass is 340 g/mol. The van der Waals surface area contributed by atoms with Crippen LogP contribution in [0.4, 0.5) is 0 Å². The van der Waals surface area contributed by atoms with E-state index in [-0.39, 0.29) is 0 Å². The van der Waals surface area contributed by atoms with E-state index in [0.717, 1.165) is 28.7 Å². The van der Waals surface area contributed by atoms with Crippen molar-refractivity contribution in [2.45, 2.75) is 17.9 Å². The van der Waals surface area contributed by atoms with E-state index >= 15 is 0 Å². The van der Waals surface area contributed by atoms with Crippen LogP contribution >= 0.6 is 11.8 Å². The van der Waals surface area contributed by atoms with Gasteiger partial charge in [0.1, 0.15) is 12.0 Å². The Bertz CT molecular complexity index is 861. The van der Waals surface area contributed by atoms with Gasteiger partial charge in [0.25, 0.3) is 5.22 Å². The van der Waals surface area contributed by atoms with Crippen molar-refractivity contribution < 1.29 is 13.9 Å². The second-order valence-corrected chi connectivity index (χ2v) is 6.09. The molecule has 0 aliphatic carbocycles. The number of carbonyl (C=O) groups is 1. The number of hydrogen-bond donors (Lipinski definition) is 0. The lowest BCUT2D eigenvalue weighted by Gasteiger charge is -2.07. The van der Waals surface area contributed by atoms with Gasteiger partial charge in [-0.1, -0.05) is 30.0 Å². The molecular weight excluding hydrogens is 324 g/mol. The van der Waals surface area contributed by atoms with Crippen LogP contribution in [0.1, 0.15) is 21.5 Å². The number of nitrogens with zero attached hydrogens (tertiary/aromatic N) is 2. The number of hydrogen-bond acceptors (Lipinski definition) is 6. The molecule has 0 radical (unpaired) electrons. The van der Waals surface area contributed by atoms with E-state index in [0.29, 0.717) is 22.4 Å². The number of thioether (sulfide) groups is 1.